The number of Topliss-reactive ketones (excluding diaryl/α,β-unsaturated/α-hetero) is 1. The van der Waals surface area contributed by atoms with E-state index < -0.39 is 5.60 Å². The summed E-state index contributed by atoms with van der Waals surface area (Å²) in [6.07, 6.45) is 4.10. The molecule has 0 amide bonds. The minimum absolute atomic E-state index is 0.0511. The van der Waals surface area contributed by atoms with Crippen LogP contribution in [0.2, 0.25) is 0 Å². The van der Waals surface area contributed by atoms with Gasteiger partial charge in [-0.2, -0.15) is 0 Å². The summed E-state index contributed by atoms with van der Waals surface area (Å²) in [5.41, 5.74) is -0.802. The van der Waals surface area contributed by atoms with Crippen LogP contribution >= 0.6 is 0 Å². The van der Waals surface area contributed by atoms with E-state index in [2.05, 4.69) is 0 Å². The van der Waals surface area contributed by atoms with E-state index >= 15 is 0 Å². The van der Waals surface area contributed by atoms with E-state index in [0.717, 1.165) is 25.7 Å². The van der Waals surface area contributed by atoms with Crippen LogP contribution in [0.25, 0.3) is 0 Å². The van der Waals surface area contributed by atoms with E-state index in [0.29, 0.717) is 12.3 Å². The first-order chi connectivity index (χ1) is 6.91. The van der Waals surface area contributed by atoms with Gasteiger partial charge in [0.25, 0.3) is 0 Å². The molecule has 3 atom stereocenters. The van der Waals surface area contributed by atoms with Crippen molar-refractivity contribution in [2.45, 2.75) is 64.1 Å². The third-order valence-electron chi connectivity index (χ3n) is 3.18. The smallest absolute Gasteiger partial charge is 0.132 e. The predicted molar refractivity (Wildman–Crippen MR) is 58.5 cm³/mol. The molecular weight excluding hydrogens is 192 g/mol. The van der Waals surface area contributed by atoms with Gasteiger partial charge in [-0.1, -0.05) is 12.8 Å². The molecule has 0 heterocycles. The number of aliphatic hydroxyl groups excluding tert-OH is 1. The van der Waals surface area contributed by atoms with Crippen LogP contribution in [0, 0.1) is 5.92 Å². The zero-order chi connectivity index (χ0) is 11.5. The fraction of sp³-hybridized carbons (Fsp3) is 0.917. The molecule has 0 bridgehead atoms. The van der Waals surface area contributed by atoms with Crippen LogP contribution in [0.1, 0.15) is 52.4 Å². The second kappa shape index (κ2) is 5.08. The molecule has 0 aliphatic heterocycles. The monoisotopic (exact) mass is 214 g/mol. The number of rotatable bonds is 4. The van der Waals surface area contributed by atoms with E-state index in [-0.39, 0.29) is 18.3 Å². The highest BCUT2D eigenvalue weighted by Crippen LogP contribution is 2.36. The zero-order valence-corrected chi connectivity index (χ0v) is 9.70. The number of aliphatic hydroxyl groups is 2. The van der Waals surface area contributed by atoms with Crippen molar-refractivity contribution in [3.05, 3.63) is 0 Å². The lowest BCUT2D eigenvalue weighted by molar-refractivity contribution is -0.124. The van der Waals surface area contributed by atoms with Crippen LogP contribution in [0.3, 0.4) is 0 Å². The molecule has 1 fully saturated rings. The van der Waals surface area contributed by atoms with Crippen molar-refractivity contribution < 1.29 is 15.0 Å². The SMILES string of the molecule is CC(=O)C[C@]1(O)CCC[C@@H](C[C@@H](C)O)C1. The van der Waals surface area contributed by atoms with Gasteiger partial charge in [0.2, 0.25) is 0 Å². The molecule has 1 saturated carbocycles. The van der Waals surface area contributed by atoms with Crippen LogP contribution in [0.15, 0.2) is 0 Å². The summed E-state index contributed by atoms with van der Waals surface area (Å²) in [6.45, 7) is 3.30. The molecular formula is C12H22O3. The van der Waals surface area contributed by atoms with Crippen molar-refractivity contribution in [2.75, 3.05) is 0 Å². The second-order valence-electron chi connectivity index (χ2n) is 5.15. The van der Waals surface area contributed by atoms with Gasteiger partial charge in [-0.25, -0.2) is 0 Å². The van der Waals surface area contributed by atoms with Gasteiger partial charge >= 0.3 is 0 Å². The Labute approximate surface area is 91.5 Å². The lowest BCUT2D eigenvalue weighted by Crippen LogP contribution is -2.37. The van der Waals surface area contributed by atoms with E-state index in [9.17, 15) is 15.0 Å². The lowest BCUT2D eigenvalue weighted by atomic mass is 9.74. The average Bonchev–Trinajstić information content (AvgIpc) is 1.99. The van der Waals surface area contributed by atoms with Gasteiger partial charge in [0.15, 0.2) is 0 Å². The molecule has 3 heteroatoms. The van der Waals surface area contributed by atoms with Gasteiger partial charge in [-0.15, -0.1) is 0 Å². The molecule has 0 saturated heterocycles. The fourth-order valence-corrected chi connectivity index (χ4v) is 2.77. The minimum atomic E-state index is -0.802. The van der Waals surface area contributed by atoms with Crippen molar-refractivity contribution >= 4 is 5.78 Å². The Morgan fingerprint density at radius 2 is 2.27 bits per heavy atom. The average molecular weight is 214 g/mol. The van der Waals surface area contributed by atoms with E-state index in [1.165, 1.54) is 6.92 Å². The van der Waals surface area contributed by atoms with E-state index in [4.69, 9.17) is 0 Å². The number of carbonyl (C=O) groups is 1. The van der Waals surface area contributed by atoms with Gasteiger partial charge in [0, 0.05) is 6.42 Å². The Kier molecular flexibility index (Phi) is 4.29. The molecule has 1 rings (SSSR count). The summed E-state index contributed by atoms with van der Waals surface area (Å²) in [4.78, 5) is 11.0. The topological polar surface area (TPSA) is 57.5 Å². The third kappa shape index (κ3) is 4.31. The molecule has 0 aromatic rings. The van der Waals surface area contributed by atoms with Gasteiger partial charge < -0.3 is 10.2 Å². The van der Waals surface area contributed by atoms with Crippen LogP contribution < -0.4 is 0 Å². The first-order valence-corrected chi connectivity index (χ1v) is 5.81. The van der Waals surface area contributed by atoms with Gasteiger partial charge in [0.05, 0.1) is 11.7 Å². The van der Waals surface area contributed by atoms with Crippen molar-refractivity contribution in [1.82, 2.24) is 0 Å². The number of ketones is 1. The third-order valence-corrected chi connectivity index (χ3v) is 3.18. The second-order valence-corrected chi connectivity index (χ2v) is 5.15. The first-order valence-electron chi connectivity index (χ1n) is 5.81. The van der Waals surface area contributed by atoms with Crippen molar-refractivity contribution in [2.24, 2.45) is 5.92 Å². The molecule has 88 valence electrons. The standard InChI is InChI=1S/C12H22O3/c1-9(13)6-11-4-3-5-12(15,8-11)7-10(2)14/h9,11,13,15H,3-8H2,1-2H3/t9-,11+,12-/m1/s1. The molecule has 1 aliphatic carbocycles. The highest BCUT2D eigenvalue weighted by molar-refractivity contribution is 5.76. The Bertz CT molecular complexity index is 225. The number of hydrogen-bond acceptors (Lipinski definition) is 3. The molecule has 1 aliphatic rings. The van der Waals surface area contributed by atoms with Crippen molar-refractivity contribution in [3.63, 3.8) is 0 Å². The highest BCUT2D eigenvalue weighted by atomic mass is 16.3. The Hall–Kier alpha value is -0.410. The summed E-state index contributed by atoms with van der Waals surface area (Å²) in [7, 11) is 0. The predicted octanol–water partition coefficient (Wildman–Crippen LogP) is 1.66. The summed E-state index contributed by atoms with van der Waals surface area (Å²) in [5.74, 6) is 0.415. The molecule has 0 radical (unpaired) electrons. The van der Waals surface area contributed by atoms with Crippen LogP contribution in [-0.2, 0) is 4.79 Å². The van der Waals surface area contributed by atoms with Crippen molar-refractivity contribution in [3.8, 4) is 0 Å². The largest absolute Gasteiger partial charge is 0.393 e. The Morgan fingerprint density at radius 1 is 1.60 bits per heavy atom. The first kappa shape index (κ1) is 12.7. The molecule has 3 nitrogen and oxygen atoms in total. The van der Waals surface area contributed by atoms with Gasteiger partial charge in [-0.05, 0) is 39.0 Å². The van der Waals surface area contributed by atoms with Crippen molar-refractivity contribution in [1.29, 1.82) is 0 Å². The number of carbonyl (C=O) groups excluding carboxylic acids is 1. The highest BCUT2D eigenvalue weighted by Gasteiger charge is 2.35. The van der Waals surface area contributed by atoms with E-state index in [1.807, 2.05) is 0 Å². The lowest BCUT2D eigenvalue weighted by Gasteiger charge is -2.36. The van der Waals surface area contributed by atoms with Gasteiger partial charge in [-0.3, -0.25) is 4.79 Å². The summed E-state index contributed by atoms with van der Waals surface area (Å²) in [6, 6.07) is 0. The maximum atomic E-state index is 11.0. The number of hydrogen-bond donors (Lipinski definition) is 2. The summed E-state index contributed by atoms with van der Waals surface area (Å²) >= 11 is 0. The fourth-order valence-electron chi connectivity index (χ4n) is 2.77. The minimum Gasteiger partial charge on any atom is -0.393 e. The van der Waals surface area contributed by atoms with Crippen LogP contribution in [0.4, 0.5) is 0 Å². The molecule has 15 heavy (non-hydrogen) atoms. The molecule has 0 unspecified atom stereocenters. The Balaban J connectivity index is 2.50. The molecule has 2 N–H and O–H groups in total. The quantitative estimate of drug-likeness (QED) is 0.748. The molecule has 0 aromatic carbocycles. The maximum Gasteiger partial charge on any atom is 0.132 e. The normalized spacial score (nSPS) is 33.7. The maximum absolute atomic E-state index is 11.0. The van der Waals surface area contributed by atoms with Gasteiger partial charge in [0.1, 0.15) is 5.78 Å². The zero-order valence-electron chi connectivity index (χ0n) is 9.70. The van der Waals surface area contributed by atoms with E-state index in [1.54, 1.807) is 6.92 Å². The Morgan fingerprint density at radius 3 is 2.80 bits per heavy atom. The molecule has 0 spiro atoms. The summed E-state index contributed by atoms with van der Waals surface area (Å²) < 4.78 is 0. The van der Waals surface area contributed by atoms with Crippen LogP contribution in [0.5, 0.6) is 0 Å². The van der Waals surface area contributed by atoms with Crippen LogP contribution in [-0.4, -0.2) is 27.7 Å². The summed E-state index contributed by atoms with van der Waals surface area (Å²) in [5, 5.41) is 19.5. The molecule has 0 aromatic heterocycles.